The number of ether oxygens (including phenoxy) is 1. The van der Waals surface area contributed by atoms with E-state index in [2.05, 4.69) is 5.32 Å². The highest BCUT2D eigenvalue weighted by atomic mass is 16.5. The third kappa shape index (κ3) is 7.40. The van der Waals surface area contributed by atoms with Crippen LogP contribution in [0.15, 0.2) is 0 Å². The quantitative estimate of drug-likeness (QED) is 0.468. The van der Waals surface area contributed by atoms with E-state index in [-0.39, 0.29) is 24.3 Å². The second kappa shape index (κ2) is 10.2. The van der Waals surface area contributed by atoms with Gasteiger partial charge in [-0.25, -0.2) is 0 Å². The second-order valence-corrected chi connectivity index (χ2v) is 5.42. The molecule has 0 radical (unpaired) electrons. The molecule has 0 spiro atoms. The molecule has 1 saturated heterocycles. The van der Waals surface area contributed by atoms with E-state index in [0.29, 0.717) is 51.8 Å². The molecule has 1 unspecified atom stereocenters. The third-order valence-electron chi connectivity index (χ3n) is 3.54. The molecule has 1 fully saturated rings. The van der Waals surface area contributed by atoms with Crippen molar-refractivity contribution in [2.45, 2.75) is 51.6 Å². The Kier molecular flexibility index (Phi) is 8.50. The summed E-state index contributed by atoms with van der Waals surface area (Å²) >= 11 is 0. The average Bonchev–Trinajstić information content (AvgIpc) is 2.91. The molecule has 22 heavy (non-hydrogen) atoms. The smallest absolute Gasteiger partial charge is 0.305 e. The number of amides is 2. The van der Waals surface area contributed by atoms with Gasteiger partial charge < -0.3 is 20.1 Å². The van der Waals surface area contributed by atoms with Crippen molar-refractivity contribution in [3.05, 3.63) is 0 Å². The molecule has 1 rings (SSSR count). The Balaban J connectivity index is 2.01. The van der Waals surface area contributed by atoms with Crippen LogP contribution in [0.4, 0.5) is 0 Å². The van der Waals surface area contributed by atoms with E-state index < -0.39 is 6.10 Å². The van der Waals surface area contributed by atoms with E-state index in [0.717, 1.165) is 6.42 Å². The minimum atomic E-state index is -0.445. The van der Waals surface area contributed by atoms with Crippen molar-refractivity contribution in [1.29, 1.82) is 0 Å². The van der Waals surface area contributed by atoms with Crippen molar-refractivity contribution >= 4 is 17.8 Å². The normalized spacial score (nSPS) is 17.4. The number of likely N-dealkylation sites (tertiary alicyclic amines) is 1. The van der Waals surface area contributed by atoms with Crippen molar-refractivity contribution < 1.29 is 24.2 Å². The van der Waals surface area contributed by atoms with Gasteiger partial charge in [-0.05, 0) is 26.2 Å². The van der Waals surface area contributed by atoms with Gasteiger partial charge in [0, 0.05) is 25.9 Å². The van der Waals surface area contributed by atoms with E-state index in [9.17, 15) is 19.5 Å². The molecule has 1 aliphatic heterocycles. The highest BCUT2D eigenvalue weighted by Gasteiger charge is 2.24. The number of nitrogens with one attached hydrogen (secondary N) is 1. The molecule has 0 saturated carbocycles. The van der Waals surface area contributed by atoms with Crippen LogP contribution in [0.3, 0.4) is 0 Å². The Hall–Kier alpha value is -1.63. The summed E-state index contributed by atoms with van der Waals surface area (Å²) in [6, 6.07) is 0. The molecule has 7 nitrogen and oxygen atoms in total. The fourth-order valence-electron chi connectivity index (χ4n) is 2.31. The number of β-amino-alcohol motifs (C(OH)–C–C–N with tert-alkyl or cyclic N) is 1. The lowest BCUT2D eigenvalue weighted by molar-refractivity contribution is -0.143. The van der Waals surface area contributed by atoms with E-state index in [4.69, 9.17) is 4.74 Å². The number of carbonyl (C=O) groups is 3. The molecule has 0 aliphatic carbocycles. The van der Waals surface area contributed by atoms with Crippen LogP contribution in [0.5, 0.6) is 0 Å². The molecule has 0 aromatic rings. The molecule has 126 valence electrons. The van der Waals surface area contributed by atoms with E-state index in [1.54, 1.807) is 11.8 Å². The first-order chi connectivity index (χ1) is 10.5. The van der Waals surface area contributed by atoms with E-state index >= 15 is 0 Å². The van der Waals surface area contributed by atoms with Crippen LogP contribution in [-0.4, -0.2) is 60.1 Å². The highest BCUT2D eigenvalue weighted by Crippen LogP contribution is 2.08. The van der Waals surface area contributed by atoms with Gasteiger partial charge in [-0.3, -0.25) is 14.4 Å². The summed E-state index contributed by atoms with van der Waals surface area (Å²) in [4.78, 5) is 36.0. The van der Waals surface area contributed by atoms with Crippen molar-refractivity contribution in [2.75, 3.05) is 26.2 Å². The zero-order valence-electron chi connectivity index (χ0n) is 13.2. The Bertz CT molecular complexity index is 386. The van der Waals surface area contributed by atoms with Crippen molar-refractivity contribution in [3.8, 4) is 0 Å². The SMILES string of the molecule is CCOC(=O)CCCCCC(=O)NCC(=O)N1CCC(O)C1. The number of carbonyl (C=O) groups excluding carboxylic acids is 3. The van der Waals surface area contributed by atoms with Crippen LogP contribution in [0.1, 0.15) is 45.4 Å². The summed E-state index contributed by atoms with van der Waals surface area (Å²) in [5, 5.41) is 11.9. The molecule has 1 heterocycles. The summed E-state index contributed by atoms with van der Waals surface area (Å²) in [7, 11) is 0. The molecule has 2 N–H and O–H groups in total. The topological polar surface area (TPSA) is 95.9 Å². The van der Waals surface area contributed by atoms with Crippen LogP contribution in [-0.2, 0) is 19.1 Å². The van der Waals surface area contributed by atoms with Crippen LogP contribution in [0.25, 0.3) is 0 Å². The lowest BCUT2D eigenvalue weighted by Gasteiger charge is -2.15. The average molecular weight is 314 g/mol. The van der Waals surface area contributed by atoms with Gasteiger partial charge >= 0.3 is 5.97 Å². The lowest BCUT2D eigenvalue weighted by atomic mass is 10.1. The van der Waals surface area contributed by atoms with Gasteiger partial charge in [0.25, 0.3) is 0 Å². The maximum absolute atomic E-state index is 11.8. The molecular weight excluding hydrogens is 288 g/mol. The predicted octanol–water partition coefficient (Wildman–Crippen LogP) is 0.209. The van der Waals surface area contributed by atoms with E-state index in [1.165, 1.54) is 0 Å². The molecule has 1 aliphatic rings. The third-order valence-corrected chi connectivity index (χ3v) is 3.54. The van der Waals surface area contributed by atoms with Gasteiger partial charge in [0.15, 0.2) is 0 Å². The van der Waals surface area contributed by atoms with E-state index in [1.807, 2.05) is 0 Å². The van der Waals surface area contributed by atoms with Crippen LogP contribution < -0.4 is 5.32 Å². The molecule has 0 bridgehead atoms. The summed E-state index contributed by atoms with van der Waals surface area (Å²) in [5.41, 5.74) is 0. The van der Waals surface area contributed by atoms with Gasteiger partial charge in [-0.15, -0.1) is 0 Å². The zero-order valence-corrected chi connectivity index (χ0v) is 13.2. The number of unbranched alkanes of at least 4 members (excludes halogenated alkanes) is 2. The van der Waals surface area contributed by atoms with Gasteiger partial charge in [0.2, 0.25) is 11.8 Å². The Morgan fingerprint density at radius 1 is 1.23 bits per heavy atom. The number of aliphatic hydroxyl groups excluding tert-OH is 1. The summed E-state index contributed by atoms with van der Waals surface area (Å²) in [6.07, 6.45) is 3.04. The first kappa shape index (κ1) is 18.4. The first-order valence-electron chi connectivity index (χ1n) is 7.91. The van der Waals surface area contributed by atoms with Gasteiger partial charge in [0.05, 0.1) is 19.3 Å². The number of hydrogen-bond acceptors (Lipinski definition) is 5. The Morgan fingerprint density at radius 3 is 2.59 bits per heavy atom. The van der Waals surface area contributed by atoms with Crippen LogP contribution >= 0.6 is 0 Å². The monoisotopic (exact) mass is 314 g/mol. The molecule has 0 aromatic carbocycles. The van der Waals surface area contributed by atoms with Crippen molar-refractivity contribution in [2.24, 2.45) is 0 Å². The predicted molar refractivity (Wildman–Crippen MR) is 79.9 cm³/mol. The summed E-state index contributed by atoms with van der Waals surface area (Å²) < 4.78 is 4.81. The van der Waals surface area contributed by atoms with Gasteiger partial charge in [0.1, 0.15) is 0 Å². The number of hydrogen-bond donors (Lipinski definition) is 2. The van der Waals surface area contributed by atoms with Gasteiger partial charge in [-0.1, -0.05) is 6.42 Å². The summed E-state index contributed by atoms with van der Waals surface area (Å²) in [6.45, 7) is 3.04. The van der Waals surface area contributed by atoms with Crippen LogP contribution in [0, 0.1) is 0 Å². The number of aliphatic hydroxyl groups is 1. The van der Waals surface area contributed by atoms with Crippen molar-refractivity contribution in [3.63, 3.8) is 0 Å². The Labute approximate surface area is 131 Å². The van der Waals surface area contributed by atoms with Crippen molar-refractivity contribution in [1.82, 2.24) is 10.2 Å². The fraction of sp³-hybridized carbons (Fsp3) is 0.800. The number of esters is 1. The zero-order chi connectivity index (χ0) is 16.4. The maximum atomic E-state index is 11.8. The minimum absolute atomic E-state index is 0.0195. The first-order valence-corrected chi connectivity index (χ1v) is 7.91. The van der Waals surface area contributed by atoms with Crippen LogP contribution in [0.2, 0.25) is 0 Å². The maximum Gasteiger partial charge on any atom is 0.305 e. The second-order valence-electron chi connectivity index (χ2n) is 5.42. The Morgan fingerprint density at radius 2 is 1.95 bits per heavy atom. The largest absolute Gasteiger partial charge is 0.466 e. The summed E-state index contributed by atoms with van der Waals surface area (Å²) in [5.74, 6) is -0.526. The molecule has 7 heteroatoms. The van der Waals surface area contributed by atoms with Gasteiger partial charge in [-0.2, -0.15) is 0 Å². The molecule has 1 atom stereocenters. The molecular formula is C15H26N2O5. The lowest BCUT2D eigenvalue weighted by Crippen LogP contribution is -2.39. The minimum Gasteiger partial charge on any atom is -0.466 e. The standard InChI is InChI=1S/C15H26N2O5/c1-2-22-15(21)7-5-3-4-6-13(19)16-10-14(20)17-9-8-12(18)11-17/h12,18H,2-11H2,1H3,(H,16,19). The molecule has 2 amide bonds. The highest BCUT2D eigenvalue weighted by molar-refractivity contribution is 5.84. The number of rotatable bonds is 9. The molecule has 0 aromatic heterocycles. The number of nitrogens with zero attached hydrogens (tertiary/aromatic N) is 1. The fourth-order valence-corrected chi connectivity index (χ4v) is 2.31.